The van der Waals surface area contributed by atoms with Gasteiger partial charge in [-0.3, -0.25) is 0 Å². The standard InChI is InChI=1S/C10H20N2/c1-3-10(2)12-9-7-5-4-6-8-11/h1,10,12H,4-9,11H2,2H3. The fraction of sp³-hybridized carbons (Fsp3) is 0.800. The van der Waals surface area contributed by atoms with Gasteiger partial charge in [-0.1, -0.05) is 18.8 Å². The molecule has 12 heavy (non-hydrogen) atoms. The fourth-order valence-corrected chi connectivity index (χ4v) is 1.00. The lowest BCUT2D eigenvalue weighted by Crippen LogP contribution is -2.25. The van der Waals surface area contributed by atoms with Gasteiger partial charge in [0.05, 0.1) is 6.04 Å². The van der Waals surface area contributed by atoms with Crippen LogP contribution in [-0.4, -0.2) is 19.1 Å². The van der Waals surface area contributed by atoms with E-state index in [-0.39, 0.29) is 6.04 Å². The second-order valence-electron chi connectivity index (χ2n) is 3.05. The summed E-state index contributed by atoms with van der Waals surface area (Å²) in [5.74, 6) is 2.64. The van der Waals surface area contributed by atoms with E-state index in [9.17, 15) is 0 Å². The predicted molar refractivity (Wildman–Crippen MR) is 53.8 cm³/mol. The molecule has 0 aliphatic rings. The molecule has 0 saturated carbocycles. The van der Waals surface area contributed by atoms with E-state index in [0.717, 1.165) is 19.5 Å². The monoisotopic (exact) mass is 168 g/mol. The van der Waals surface area contributed by atoms with Gasteiger partial charge in [0.15, 0.2) is 0 Å². The normalized spacial score (nSPS) is 12.4. The number of nitrogens with two attached hydrogens (primary N) is 1. The van der Waals surface area contributed by atoms with Crippen LogP contribution in [0.4, 0.5) is 0 Å². The SMILES string of the molecule is C#CC(C)NCCCCCCN. The van der Waals surface area contributed by atoms with Gasteiger partial charge in [0.25, 0.3) is 0 Å². The predicted octanol–water partition coefficient (Wildman–Crippen LogP) is 1.12. The first-order valence-electron chi connectivity index (χ1n) is 4.71. The van der Waals surface area contributed by atoms with Gasteiger partial charge in [-0.15, -0.1) is 6.42 Å². The molecule has 0 heterocycles. The Labute approximate surface area is 75.9 Å². The molecule has 1 atom stereocenters. The lowest BCUT2D eigenvalue weighted by atomic mass is 10.2. The number of hydrogen-bond acceptors (Lipinski definition) is 2. The maximum atomic E-state index is 5.37. The van der Waals surface area contributed by atoms with Crippen molar-refractivity contribution >= 4 is 0 Å². The lowest BCUT2D eigenvalue weighted by molar-refractivity contribution is 0.573. The zero-order valence-electron chi connectivity index (χ0n) is 7.97. The lowest BCUT2D eigenvalue weighted by Gasteiger charge is -2.06. The van der Waals surface area contributed by atoms with Gasteiger partial charge in [0.1, 0.15) is 0 Å². The summed E-state index contributed by atoms with van der Waals surface area (Å²) in [6.45, 7) is 3.84. The average Bonchev–Trinajstić information content (AvgIpc) is 2.10. The number of rotatable bonds is 7. The molecule has 1 unspecified atom stereocenters. The van der Waals surface area contributed by atoms with Crippen molar-refractivity contribution in [3.8, 4) is 12.3 Å². The van der Waals surface area contributed by atoms with Crippen LogP contribution >= 0.6 is 0 Å². The van der Waals surface area contributed by atoms with Crippen molar-refractivity contribution in [3.05, 3.63) is 0 Å². The van der Waals surface area contributed by atoms with Crippen molar-refractivity contribution in [2.75, 3.05) is 13.1 Å². The molecule has 0 aliphatic carbocycles. The third kappa shape index (κ3) is 7.59. The van der Waals surface area contributed by atoms with Crippen molar-refractivity contribution in [3.63, 3.8) is 0 Å². The van der Waals surface area contributed by atoms with E-state index in [0.29, 0.717) is 0 Å². The molecule has 0 fully saturated rings. The minimum atomic E-state index is 0.208. The Balaban J connectivity index is 2.96. The van der Waals surface area contributed by atoms with Crippen molar-refractivity contribution in [2.24, 2.45) is 5.73 Å². The first-order chi connectivity index (χ1) is 5.81. The average molecular weight is 168 g/mol. The van der Waals surface area contributed by atoms with Crippen molar-refractivity contribution in [1.82, 2.24) is 5.32 Å². The Hall–Kier alpha value is -0.520. The van der Waals surface area contributed by atoms with Gasteiger partial charge in [0, 0.05) is 0 Å². The van der Waals surface area contributed by atoms with Crippen LogP contribution in [0.5, 0.6) is 0 Å². The highest BCUT2D eigenvalue weighted by Gasteiger charge is 1.93. The van der Waals surface area contributed by atoms with Gasteiger partial charge < -0.3 is 11.1 Å². The van der Waals surface area contributed by atoms with Gasteiger partial charge >= 0.3 is 0 Å². The summed E-state index contributed by atoms with van der Waals surface area (Å²) in [5, 5.41) is 3.24. The molecular formula is C10H20N2. The van der Waals surface area contributed by atoms with E-state index in [4.69, 9.17) is 12.2 Å². The smallest absolute Gasteiger partial charge is 0.0658 e. The quantitative estimate of drug-likeness (QED) is 0.441. The second kappa shape index (κ2) is 8.58. The van der Waals surface area contributed by atoms with Crippen LogP contribution in [0, 0.1) is 12.3 Å². The van der Waals surface area contributed by atoms with Crippen LogP contribution in [0.3, 0.4) is 0 Å². The maximum Gasteiger partial charge on any atom is 0.0658 e. The van der Waals surface area contributed by atoms with E-state index < -0.39 is 0 Å². The van der Waals surface area contributed by atoms with Crippen LogP contribution < -0.4 is 11.1 Å². The zero-order valence-corrected chi connectivity index (χ0v) is 7.97. The molecular weight excluding hydrogens is 148 g/mol. The van der Waals surface area contributed by atoms with E-state index in [1.807, 2.05) is 6.92 Å². The van der Waals surface area contributed by atoms with Crippen LogP contribution in [0.25, 0.3) is 0 Å². The van der Waals surface area contributed by atoms with Crippen LogP contribution in [0.1, 0.15) is 32.6 Å². The summed E-state index contributed by atoms with van der Waals surface area (Å²) in [6.07, 6.45) is 10.0. The second-order valence-corrected chi connectivity index (χ2v) is 3.05. The molecule has 0 aliphatic heterocycles. The molecule has 2 heteroatoms. The minimum Gasteiger partial charge on any atom is -0.330 e. The van der Waals surface area contributed by atoms with Crippen LogP contribution in [0.15, 0.2) is 0 Å². The van der Waals surface area contributed by atoms with Crippen LogP contribution in [0.2, 0.25) is 0 Å². The largest absolute Gasteiger partial charge is 0.330 e. The van der Waals surface area contributed by atoms with Crippen molar-refractivity contribution < 1.29 is 0 Å². The molecule has 0 aromatic rings. The first-order valence-corrected chi connectivity index (χ1v) is 4.71. The minimum absolute atomic E-state index is 0.208. The van der Waals surface area contributed by atoms with E-state index in [2.05, 4.69) is 11.2 Å². The molecule has 0 spiro atoms. The molecule has 0 rings (SSSR count). The molecule has 0 amide bonds. The van der Waals surface area contributed by atoms with Gasteiger partial charge in [-0.05, 0) is 32.9 Å². The van der Waals surface area contributed by atoms with Crippen molar-refractivity contribution in [2.45, 2.75) is 38.6 Å². The number of hydrogen-bond donors (Lipinski definition) is 2. The first kappa shape index (κ1) is 11.5. The van der Waals surface area contributed by atoms with Crippen molar-refractivity contribution in [1.29, 1.82) is 0 Å². The third-order valence-electron chi connectivity index (χ3n) is 1.83. The zero-order chi connectivity index (χ0) is 9.23. The fourth-order valence-electron chi connectivity index (χ4n) is 1.00. The highest BCUT2D eigenvalue weighted by molar-refractivity contribution is 4.95. The number of nitrogens with one attached hydrogen (secondary N) is 1. The highest BCUT2D eigenvalue weighted by atomic mass is 14.9. The molecule has 3 N–H and O–H groups in total. The van der Waals surface area contributed by atoms with Crippen LogP contribution in [-0.2, 0) is 0 Å². The van der Waals surface area contributed by atoms with Gasteiger partial charge in [-0.2, -0.15) is 0 Å². The molecule has 0 bridgehead atoms. The summed E-state index contributed by atoms with van der Waals surface area (Å²) in [7, 11) is 0. The summed E-state index contributed by atoms with van der Waals surface area (Å²) in [6, 6.07) is 0.208. The topological polar surface area (TPSA) is 38.0 Å². The highest BCUT2D eigenvalue weighted by Crippen LogP contribution is 1.97. The maximum absolute atomic E-state index is 5.37. The third-order valence-corrected chi connectivity index (χ3v) is 1.83. The van der Waals surface area contributed by atoms with E-state index >= 15 is 0 Å². The van der Waals surface area contributed by atoms with E-state index in [1.54, 1.807) is 0 Å². The Morgan fingerprint density at radius 3 is 2.58 bits per heavy atom. The molecule has 2 nitrogen and oxygen atoms in total. The van der Waals surface area contributed by atoms with Gasteiger partial charge in [-0.25, -0.2) is 0 Å². The number of terminal acetylenes is 1. The molecule has 0 aromatic carbocycles. The van der Waals surface area contributed by atoms with E-state index in [1.165, 1.54) is 19.3 Å². The molecule has 0 radical (unpaired) electrons. The summed E-state index contributed by atoms with van der Waals surface area (Å²) < 4.78 is 0. The Bertz CT molecular complexity index is 126. The summed E-state index contributed by atoms with van der Waals surface area (Å²) in [5.41, 5.74) is 5.37. The Morgan fingerprint density at radius 1 is 1.33 bits per heavy atom. The molecule has 0 saturated heterocycles. The Kier molecular flexibility index (Phi) is 8.20. The Morgan fingerprint density at radius 2 is 2.00 bits per heavy atom. The summed E-state index contributed by atoms with van der Waals surface area (Å²) in [4.78, 5) is 0. The molecule has 0 aromatic heterocycles. The molecule has 70 valence electrons. The van der Waals surface area contributed by atoms with Gasteiger partial charge in [0.2, 0.25) is 0 Å². The number of unbranched alkanes of at least 4 members (excludes halogenated alkanes) is 3. The summed E-state index contributed by atoms with van der Waals surface area (Å²) >= 11 is 0.